The molecule has 0 saturated carbocycles. The first kappa shape index (κ1) is 45.1. The summed E-state index contributed by atoms with van der Waals surface area (Å²) in [5.41, 5.74) is -14.2. The number of halogens is 12. The van der Waals surface area contributed by atoms with Crippen molar-refractivity contribution in [3.63, 3.8) is 0 Å². The van der Waals surface area contributed by atoms with Gasteiger partial charge in [0.15, 0.2) is 0 Å². The van der Waals surface area contributed by atoms with E-state index in [2.05, 4.69) is 5.32 Å². The maximum absolute atomic E-state index is 14.8. The molecule has 324 valence electrons. The van der Waals surface area contributed by atoms with Crippen molar-refractivity contribution in [1.29, 1.82) is 0 Å². The number of hydrogen-bond donors (Lipinski definition) is 8. The number of benzene rings is 5. The lowest BCUT2D eigenvalue weighted by atomic mass is 9.72. The Labute approximate surface area is 334 Å². The minimum Gasteiger partial charge on any atom is -0.506 e. The zero-order chi connectivity index (χ0) is 45.7. The number of amides is 2. The van der Waals surface area contributed by atoms with E-state index in [9.17, 15) is 82.7 Å². The Morgan fingerprint density at radius 3 is 1.02 bits per heavy atom. The maximum atomic E-state index is 14.8. The Balaban J connectivity index is 1.46. The molecule has 0 aromatic heterocycles. The standard InChI is InChI=1S/C39H28F12N4O6/c1-53-25-15-21(7-11-29(25)57)35(38(46,47)48,39(49,50)51)23-9-13-31(59)27(17-23)55-33(61)19-4-2-18(3-5-19)32(60)54-26-16-22(8-12-30(26)58)34(36(40,41)42,37(43,44)45)20-6-10-28(56)24(52)14-20/h2-17,53,56-59H,52H2,1H3,(H,54,60)(H,55,61). The van der Waals surface area contributed by atoms with Crippen LogP contribution >= 0.6 is 0 Å². The van der Waals surface area contributed by atoms with Gasteiger partial charge >= 0.3 is 24.7 Å². The first-order valence-electron chi connectivity index (χ1n) is 16.9. The minimum absolute atomic E-state index is 0.202. The zero-order valence-electron chi connectivity index (χ0n) is 30.5. The summed E-state index contributed by atoms with van der Waals surface area (Å²) in [6.45, 7) is 0. The van der Waals surface area contributed by atoms with Crippen LogP contribution < -0.4 is 21.7 Å². The van der Waals surface area contributed by atoms with Crippen molar-refractivity contribution in [3.05, 3.63) is 130 Å². The quantitative estimate of drug-likeness (QED) is 0.0410. The first-order chi connectivity index (χ1) is 28.1. The highest BCUT2D eigenvalue weighted by atomic mass is 19.4. The fourth-order valence-corrected chi connectivity index (χ4v) is 6.62. The molecule has 22 heteroatoms. The van der Waals surface area contributed by atoms with Crippen molar-refractivity contribution >= 4 is 34.6 Å². The number of carbonyl (C=O) groups excluding carboxylic acids is 2. The van der Waals surface area contributed by atoms with E-state index in [0.717, 1.165) is 31.3 Å². The van der Waals surface area contributed by atoms with E-state index in [1.807, 2.05) is 10.6 Å². The second kappa shape index (κ2) is 15.6. The van der Waals surface area contributed by atoms with E-state index in [1.165, 1.54) is 0 Å². The van der Waals surface area contributed by atoms with E-state index in [0.29, 0.717) is 54.6 Å². The van der Waals surface area contributed by atoms with Gasteiger partial charge in [0.25, 0.3) is 11.8 Å². The van der Waals surface area contributed by atoms with Gasteiger partial charge in [0.05, 0.1) is 22.7 Å². The molecular formula is C39H28F12N4O6. The number of rotatable bonds is 9. The number of phenolic OH excluding ortho intramolecular Hbond substituents is 4. The molecule has 0 radical (unpaired) electrons. The van der Waals surface area contributed by atoms with Crippen LogP contribution in [-0.4, -0.2) is 64.0 Å². The highest BCUT2D eigenvalue weighted by Gasteiger charge is 2.74. The Hall–Kier alpha value is -7.00. The number of aromatic hydroxyl groups is 4. The van der Waals surface area contributed by atoms with Crippen LogP contribution in [0.15, 0.2) is 97.1 Å². The predicted molar refractivity (Wildman–Crippen MR) is 195 cm³/mol. The van der Waals surface area contributed by atoms with E-state index >= 15 is 0 Å². The minimum atomic E-state index is -6.13. The fourth-order valence-electron chi connectivity index (χ4n) is 6.62. The van der Waals surface area contributed by atoms with Gasteiger partial charge in [-0.25, -0.2) is 0 Å². The second-order valence-corrected chi connectivity index (χ2v) is 13.2. The number of hydrogen-bond acceptors (Lipinski definition) is 8. The van der Waals surface area contributed by atoms with Crippen molar-refractivity contribution in [2.24, 2.45) is 0 Å². The van der Waals surface area contributed by atoms with E-state index in [1.54, 1.807) is 0 Å². The molecule has 0 saturated heterocycles. The number of nitrogens with one attached hydrogen (secondary N) is 3. The van der Waals surface area contributed by atoms with Crippen LogP contribution in [0.25, 0.3) is 0 Å². The summed E-state index contributed by atoms with van der Waals surface area (Å²) >= 11 is 0. The van der Waals surface area contributed by atoms with Gasteiger partial charge in [-0.15, -0.1) is 0 Å². The van der Waals surface area contributed by atoms with Crippen LogP contribution in [0.5, 0.6) is 23.0 Å². The number of nitrogens with two attached hydrogens (primary N) is 1. The van der Waals surface area contributed by atoms with E-state index < -0.39 is 126 Å². The van der Waals surface area contributed by atoms with E-state index in [-0.39, 0.29) is 18.2 Å². The van der Waals surface area contributed by atoms with Crippen molar-refractivity contribution in [2.45, 2.75) is 35.5 Å². The predicted octanol–water partition coefficient (Wildman–Crippen LogP) is 9.46. The Morgan fingerprint density at radius 1 is 0.443 bits per heavy atom. The molecule has 0 unspecified atom stereocenters. The summed E-state index contributed by atoms with van der Waals surface area (Å²) in [7, 11) is 1.13. The molecule has 0 bridgehead atoms. The molecule has 61 heavy (non-hydrogen) atoms. The average Bonchev–Trinajstić information content (AvgIpc) is 3.14. The first-order valence-corrected chi connectivity index (χ1v) is 16.9. The normalized spacial score (nSPS) is 12.8. The maximum Gasteiger partial charge on any atom is 0.411 e. The summed E-state index contributed by atoms with van der Waals surface area (Å²) < 4.78 is 176. The topological polar surface area (TPSA) is 177 Å². The lowest BCUT2D eigenvalue weighted by Gasteiger charge is -2.38. The zero-order valence-corrected chi connectivity index (χ0v) is 30.5. The molecule has 5 rings (SSSR count). The van der Waals surface area contributed by atoms with Crippen LogP contribution in [0.2, 0.25) is 0 Å². The third-order valence-corrected chi connectivity index (χ3v) is 9.63. The Morgan fingerprint density at radius 2 is 0.721 bits per heavy atom. The van der Waals surface area contributed by atoms with Crippen LogP contribution in [0.4, 0.5) is 75.4 Å². The molecule has 0 aliphatic rings. The summed E-state index contributed by atoms with van der Waals surface area (Å²) in [5, 5.41) is 46.5. The smallest absolute Gasteiger partial charge is 0.411 e. The molecule has 0 aliphatic heterocycles. The number of anilines is 4. The SMILES string of the molecule is CNc1cc(C(c2ccc(O)c(NC(=O)c3ccc(C(=O)Nc4cc(C(c5ccc(O)c(N)c5)(C(F)(F)F)C(F)(F)F)ccc4O)cc3)c2)(C(F)(F)F)C(F)(F)F)ccc1O. The van der Waals surface area contributed by atoms with Crippen molar-refractivity contribution < 1.29 is 82.7 Å². The largest absolute Gasteiger partial charge is 0.506 e. The van der Waals surface area contributed by atoms with Gasteiger partial charge in [0.2, 0.25) is 10.8 Å². The summed E-state index contributed by atoms with van der Waals surface area (Å²) in [5.74, 6) is -6.00. The second-order valence-electron chi connectivity index (χ2n) is 13.2. The number of phenols is 4. The Kier molecular flexibility index (Phi) is 11.5. The summed E-state index contributed by atoms with van der Waals surface area (Å²) in [4.78, 5) is 26.3. The highest BCUT2D eigenvalue weighted by Crippen LogP contribution is 2.59. The molecule has 5 aromatic rings. The van der Waals surface area contributed by atoms with Gasteiger partial charge in [0.1, 0.15) is 23.0 Å². The number of nitrogen functional groups attached to an aromatic ring is 1. The van der Waals surface area contributed by atoms with Gasteiger partial charge < -0.3 is 42.1 Å². The van der Waals surface area contributed by atoms with Gasteiger partial charge in [-0.2, -0.15) is 52.7 Å². The van der Waals surface area contributed by atoms with E-state index in [4.69, 9.17) is 5.73 Å². The monoisotopic (exact) mass is 876 g/mol. The molecule has 10 nitrogen and oxygen atoms in total. The number of alkyl halides is 12. The number of carbonyl (C=O) groups is 2. The van der Waals surface area contributed by atoms with Crippen molar-refractivity contribution in [1.82, 2.24) is 0 Å². The molecule has 9 N–H and O–H groups in total. The van der Waals surface area contributed by atoms with Crippen molar-refractivity contribution in [2.75, 3.05) is 28.7 Å². The van der Waals surface area contributed by atoms with Crippen LogP contribution in [0.3, 0.4) is 0 Å². The van der Waals surface area contributed by atoms with Crippen LogP contribution in [0.1, 0.15) is 43.0 Å². The van der Waals surface area contributed by atoms with Crippen LogP contribution in [0, 0.1) is 0 Å². The molecule has 0 fully saturated rings. The average molecular weight is 877 g/mol. The molecule has 2 amide bonds. The summed E-state index contributed by atoms with van der Waals surface area (Å²) in [6, 6.07) is 7.97. The molecule has 0 heterocycles. The lowest BCUT2D eigenvalue weighted by molar-refractivity contribution is -0.290. The molecule has 5 aromatic carbocycles. The van der Waals surface area contributed by atoms with Crippen LogP contribution in [-0.2, 0) is 10.8 Å². The molecule has 0 aliphatic carbocycles. The fraction of sp³-hybridized carbons (Fsp3) is 0.179. The van der Waals surface area contributed by atoms with Gasteiger partial charge in [-0.3, -0.25) is 9.59 Å². The summed E-state index contributed by atoms with van der Waals surface area (Å²) in [6.07, 6.45) is -24.5. The molecular weight excluding hydrogens is 848 g/mol. The van der Waals surface area contributed by atoms with Gasteiger partial charge in [0, 0.05) is 18.2 Å². The Bertz CT molecular complexity index is 2460. The van der Waals surface area contributed by atoms with Gasteiger partial charge in [-0.05, 0) is 95.1 Å². The lowest BCUT2D eigenvalue weighted by Crippen LogP contribution is -2.54. The highest BCUT2D eigenvalue weighted by molar-refractivity contribution is 6.08. The molecule has 0 atom stereocenters. The third-order valence-electron chi connectivity index (χ3n) is 9.63. The van der Waals surface area contributed by atoms with Gasteiger partial charge in [-0.1, -0.05) is 24.3 Å². The van der Waals surface area contributed by atoms with Crippen molar-refractivity contribution in [3.8, 4) is 23.0 Å². The third kappa shape index (κ3) is 7.79. The molecule has 0 spiro atoms.